The van der Waals surface area contributed by atoms with E-state index in [4.69, 9.17) is 11.1 Å². The molecule has 1 aromatic rings. The second-order valence-corrected chi connectivity index (χ2v) is 4.68. The smallest absolute Gasteiger partial charge is 0.0408 e. The van der Waals surface area contributed by atoms with Crippen LogP contribution in [-0.2, 0) is 5.41 Å². The number of nitrogens with two attached hydrogens (primary N) is 1. The Kier molecular flexibility index (Phi) is 2.65. The highest BCUT2D eigenvalue weighted by Gasteiger charge is 2.14. The third-order valence-electron chi connectivity index (χ3n) is 2.32. The summed E-state index contributed by atoms with van der Waals surface area (Å²) in [6.07, 6.45) is 0. The van der Waals surface area contributed by atoms with Gasteiger partial charge in [-0.1, -0.05) is 32.9 Å². The van der Waals surface area contributed by atoms with Gasteiger partial charge in [0.15, 0.2) is 0 Å². The molecule has 0 unspecified atom stereocenters. The molecule has 0 heterocycles. The van der Waals surface area contributed by atoms with Crippen molar-refractivity contribution in [2.45, 2.75) is 33.1 Å². The van der Waals surface area contributed by atoms with Crippen molar-refractivity contribution in [3.8, 4) is 0 Å². The Morgan fingerprint density at radius 2 is 1.86 bits per heavy atom. The second kappa shape index (κ2) is 3.45. The molecule has 1 rings (SSSR count). The Morgan fingerprint density at radius 3 is 2.21 bits per heavy atom. The molecule has 14 heavy (non-hydrogen) atoms. The fraction of sp³-hybridized carbons (Fsp3) is 0.417. The molecule has 0 bridgehead atoms. The van der Waals surface area contributed by atoms with E-state index in [0.29, 0.717) is 11.4 Å². The highest BCUT2D eigenvalue weighted by atomic mass is 14.6. The Labute approximate surface area is 85.6 Å². The standard InChI is InChI=1S/C12H18N2/c1-8(13)10-6-5-9(7-11(10)14)12(2,3)4/h5-7,13H,14H2,1-4H3. The maximum atomic E-state index is 7.52. The van der Waals surface area contributed by atoms with Crippen LogP contribution < -0.4 is 5.73 Å². The van der Waals surface area contributed by atoms with E-state index in [9.17, 15) is 0 Å². The van der Waals surface area contributed by atoms with Crippen LogP contribution in [0.1, 0.15) is 38.8 Å². The number of hydrogen-bond acceptors (Lipinski definition) is 2. The Morgan fingerprint density at radius 1 is 1.29 bits per heavy atom. The zero-order valence-electron chi connectivity index (χ0n) is 9.31. The van der Waals surface area contributed by atoms with Crippen molar-refractivity contribution in [1.29, 1.82) is 5.41 Å². The molecule has 76 valence electrons. The van der Waals surface area contributed by atoms with Crippen LogP contribution in [0.25, 0.3) is 0 Å². The molecule has 0 fully saturated rings. The summed E-state index contributed by atoms with van der Waals surface area (Å²) in [5.74, 6) is 0. The molecule has 2 heteroatoms. The van der Waals surface area contributed by atoms with Crippen LogP contribution in [-0.4, -0.2) is 5.71 Å². The third-order valence-corrected chi connectivity index (χ3v) is 2.32. The fourth-order valence-corrected chi connectivity index (χ4v) is 1.37. The van der Waals surface area contributed by atoms with Crippen LogP contribution in [0.15, 0.2) is 18.2 Å². The zero-order valence-corrected chi connectivity index (χ0v) is 9.31. The van der Waals surface area contributed by atoms with E-state index >= 15 is 0 Å². The van der Waals surface area contributed by atoms with Crippen LogP contribution in [0, 0.1) is 5.41 Å². The van der Waals surface area contributed by atoms with E-state index in [1.165, 1.54) is 5.56 Å². The monoisotopic (exact) mass is 190 g/mol. The van der Waals surface area contributed by atoms with Gasteiger partial charge in [0, 0.05) is 17.0 Å². The van der Waals surface area contributed by atoms with Crippen molar-refractivity contribution in [3.63, 3.8) is 0 Å². The number of rotatable bonds is 1. The summed E-state index contributed by atoms with van der Waals surface area (Å²) in [5.41, 5.74) is 9.25. The minimum atomic E-state index is 0.114. The van der Waals surface area contributed by atoms with Crippen molar-refractivity contribution < 1.29 is 0 Å². The summed E-state index contributed by atoms with van der Waals surface area (Å²) in [4.78, 5) is 0. The van der Waals surface area contributed by atoms with Gasteiger partial charge in [0.1, 0.15) is 0 Å². The van der Waals surface area contributed by atoms with E-state index < -0.39 is 0 Å². The molecule has 0 aliphatic heterocycles. The largest absolute Gasteiger partial charge is 0.398 e. The molecule has 0 aromatic heterocycles. The summed E-state index contributed by atoms with van der Waals surface area (Å²) >= 11 is 0. The molecule has 3 N–H and O–H groups in total. The van der Waals surface area contributed by atoms with Gasteiger partial charge < -0.3 is 11.1 Å². The number of benzene rings is 1. The first-order valence-electron chi connectivity index (χ1n) is 4.78. The first-order chi connectivity index (χ1) is 6.32. The number of anilines is 1. The highest BCUT2D eigenvalue weighted by Crippen LogP contribution is 2.25. The van der Waals surface area contributed by atoms with E-state index in [2.05, 4.69) is 20.8 Å². The minimum Gasteiger partial charge on any atom is -0.398 e. The average Bonchev–Trinajstić information content (AvgIpc) is 2.01. The molecule has 0 saturated heterocycles. The zero-order chi connectivity index (χ0) is 10.9. The van der Waals surface area contributed by atoms with Crippen molar-refractivity contribution in [1.82, 2.24) is 0 Å². The molecule has 1 aromatic carbocycles. The molecule has 0 spiro atoms. The lowest BCUT2D eigenvalue weighted by Crippen LogP contribution is -2.12. The van der Waals surface area contributed by atoms with E-state index in [1.807, 2.05) is 18.2 Å². The quantitative estimate of drug-likeness (QED) is 0.519. The van der Waals surface area contributed by atoms with Gasteiger partial charge in [-0.25, -0.2) is 0 Å². The number of hydrogen-bond donors (Lipinski definition) is 2. The molecule has 0 radical (unpaired) electrons. The maximum Gasteiger partial charge on any atom is 0.0408 e. The van der Waals surface area contributed by atoms with E-state index in [1.54, 1.807) is 6.92 Å². The minimum absolute atomic E-state index is 0.114. The van der Waals surface area contributed by atoms with Gasteiger partial charge in [-0.3, -0.25) is 0 Å². The molecule has 0 aliphatic rings. The fourth-order valence-electron chi connectivity index (χ4n) is 1.37. The molecule has 0 saturated carbocycles. The molecular weight excluding hydrogens is 172 g/mol. The summed E-state index contributed by atoms with van der Waals surface area (Å²) in [7, 11) is 0. The maximum absolute atomic E-state index is 7.52. The first kappa shape index (κ1) is 10.8. The molecule has 0 atom stereocenters. The lowest BCUT2D eigenvalue weighted by molar-refractivity contribution is 0.590. The van der Waals surface area contributed by atoms with Crippen molar-refractivity contribution in [2.24, 2.45) is 0 Å². The normalized spacial score (nSPS) is 11.4. The van der Waals surface area contributed by atoms with Gasteiger partial charge in [-0.05, 0) is 24.0 Å². The van der Waals surface area contributed by atoms with Crippen LogP contribution in [0.5, 0.6) is 0 Å². The van der Waals surface area contributed by atoms with Gasteiger partial charge in [0.2, 0.25) is 0 Å². The van der Waals surface area contributed by atoms with Crippen LogP contribution in [0.3, 0.4) is 0 Å². The molecule has 0 aliphatic carbocycles. The Balaban J connectivity index is 3.20. The summed E-state index contributed by atoms with van der Waals surface area (Å²) < 4.78 is 0. The van der Waals surface area contributed by atoms with E-state index in [0.717, 1.165) is 5.56 Å². The molecule has 2 nitrogen and oxygen atoms in total. The topological polar surface area (TPSA) is 49.9 Å². The van der Waals surface area contributed by atoms with E-state index in [-0.39, 0.29) is 5.41 Å². The summed E-state index contributed by atoms with van der Waals surface area (Å²) in [6.45, 7) is 8.21. The first-order valence-corrected chi connectivity index (χ1v) is 4.78. The van der Waals surface area contributed by atoms with Crippen molar-refractivity contribution in [2.75, 3.05) is 5.73 Å². The van der Waals surface area contributed by atoms with Gasteiger partial charge in [-0.2, -0.15) is 0 Å². The highest BCUT2D eigenvalue weighted by molar-refractivity contribution is 6.00. The summed E-state index contributed by atoms with van der Waals surface area (Å²) in [6, 6.07) is 5.94. The Bertz CT molecular complexity index is 359. The number of nitrogen functional groups attached to an aromatic ring is 1. The third kappa shape index (κ3) is 2.13. The predicted octanol–water partition coefficient (Wildman–Crippen LogP) is 2.95. The molecule has 0 amide bonds. The lowest BCUT2D eigenvalue weighted by atomic mass is 9.86. The lowest BCUT2D eigenvalue weighted by Gasteiger charge is -2.20. The average molecular weight is 190 g/mol. The summed E-state index contributed by atoms with van der Waals surface area (Å²) in [5, 5.41) is 7.52. The van der Waals surface area contributed by atoms with Crippen LogP contribution >= 0.6 is 0 Å². The predicted molar refractivity (Wildman–Crippen MR) is 62.1 cm³/mol. The van der Waals surface area contributed by atoms with Crippen LogP contribution in [0.4, 0.5) is 5.69 Å². The SMILES string of the molecule is CC(=N)c1ccc(C(C)(C)C)cc1N. The van der Waals surface area contributed by atoms with Crippen molar-refractivity contribution in [3.05, 3.63) is 29.3 Å². The Hall–Kier alpha value is -1.31. The van der Waals surface area contributed by atoms with Crippen LogP contribution in [0.2, 0.25) is 0 Å². The number of nitrogens with one attached hydrogen (secondary N) is 1. The van der Waals surface area contributed by atoms with Gasteiger partial charge >= 0.3 is 0 Å². The van der Waals surface area contributed by atoms with Crippen molar-refractivity contribution >= 4 is 11.4 Å². The molecular formula is C12H18N2. The van der Waals surface area contributed by atoms with Gasteiger partial charge in [0.25, 0.3) is 0 Å². The van der Waals surface area contributed by atoms with Gasteiger partial charge in [0.05, 0.1) is 0 Å². The second-order valence-electron chi connectivity index (χ2n) is 4.68. The van der Waals surface area contributed by atoms with Gasteiger partial charge in [-0.15, -0.1) is 0 Å².